The fourth-order valence-electron chi connectivity index (χ4n) is 2.23. The zero-order valence-corrected chi connectivity index (χ0v) is 17.7. The molecule has 1 aromatic heterocycles. The number of aryl methyl sites for hydroxylation is 1. The van der Waals surface area contributed by atoms with Crippen LogP contribution < -0.4 is 10.1 Å². The Morgan fingerprint density at radius 3 is 2.58 bits per heavy atom. The van der Waals surface area contributed by atoms with Crippen molar-refractivity contribution in [3.8, 4) is 5.75 Å². The predicted octanol–water partition coefficient (Wildman–Crippen LogP) is 3.54. The largest absolute Gasteiger partial charge is 0.497 e. The molecular weight excluding hydrogens is 435 g/mol. The van der Waals surface area contributed by atoms with Gasteiger partial charge in [-0.15, -0.1) is 35.3 Å². The number of nitrogens with one attached hydrogen (secondary N) is 1. The SMILES string of the molecule is CCc1nc(CNC(=NC)N(C)Cc2ccc(OC)cc2)cs1.I. The van der Waals surface area contributed by atoms with E-state index in [2.05, 4.69) is 44.6 Å². The van der Waals surface area contributed by atoms with Gasteiger partial charge in [0.2, 0.25) is 0 Å². The number of hydrogen-bond donors (Lipinski definition) is 1. The third kappa shape index (κ3) is 5.94. The van der Waals surface area contributed by atoms with Gasteiger partial charge in [0.15, 0.2) is 5.96 Å². The minimum atomic E-state index is 0. The molecule has 2 rings (SSSR count). The summed E-state index contributed by atoms with van der Waals surface area (Å²) in [6.45, 7) is 3.59. The number of benzene rings is 1. The number of nitrogens with zero attached hydrogens (tertiary/aromatic N) is 3. The molecule has 1 aromatic carbocycles. The van der Waals surface area contributed by atoms with Crippen LogP contribution in [0.25, 0.3) is 0 Å². The topological polar surface area (TPSA) is 49.8 Å². The van der Waals surface area contributed by atoms with Gasteiger partial charge in [-0.3, -0.25) is 4.99 Å². The van der Waals surface area contributed by atoms with E-state index in [0.717, 1.165) is 30.4 Å². The summed E-state index contributed by atoms with van der Waals surface area (Å²) < 4.78 is 5.19. The number of rotatable bonds is 6. The summed E-state index contributed by atoms with van der Waals surface area (Å²) in [4.78, 5) is 11.0. The lowest BCUT2D eigenvalue weighted by molar-refractivity contribution is 0.414. The van der Waals surface area contributed by atoms with Crippen molar-refractivity contribution in [2.45, 2.75) is 26.4 Å². The standard InChI is InChI=1S/C17H24N4OS.HI/c1-5-16-20-14(12-23-16)10-19-17(18-2)21(3)11-13-6-8-15(22-4)9-7-13;/h6-9,12H,5,10-11H2,1-4H3,(H,18,19);1H. The maximum Gasteiger partial charge on any atom is 0.194 e. The minimum Gasteiger partial charge on any atom is -0.497 e. The lowest BCUT2D eigenvalue weighted by Gasteiger charge is -2.22. The monoisotopic (exact) mass is 460 g/mol. The molecule has 1 N–H and O–H groups in total. The van der Waals surface area contributed by atoms with Crippen LogP contribution in [0.1, 0.15) is 23.2 Å². The maximum atomic E-state index is 5.19. The second-order valence-electron chi connectivity index (χ2n) is 5.19. The van der Waals surface area contributed by atoms with Crippen LogP contribution in [0.5, 0.6) is 5.75 Å². The number of aromatic nitrogens is 1. The zero-order chi connectivity index (χ0) is 16.7. The van der Waals surface area contributed by atoms with Crippen LogP contribution >= 0.6 is 35.3 Å². The van der Waals surface area contributed by atoms with Gasteiger partial charge >= 0.3 is 0 Å². The molecule has 7 heteroatoms. The Hall–Kier alpha value is -1.35. The second kappa shape index (κ2) is 10.5. The molecule has 132 valence electrons. The Bertz CT molecular complexity index is 642. The van der Waals surface area contributed by atoms with E-state index in [1.165, 1.54) is 10.6 Å². The van der Waals surface area contributed by atoms with Crippen molar-refractivity contribution < 1.29 is 4.74 Å². The van der Waals surface area contributed by atoms with Gasteiger partial charge in [-0.05, 0) is 24.1 Å². The Morgan fingerprint density at radius 1 is 1.33 bits per heavy atom. The summed E-state index contributed by atoms with van der Waals surface area (Å²) in [6, 6.07) is 8.08. The first-order valence-corrected chi connectivity index (χ1v) is 8.52. The molecule has 2 aromatic rings. The van der Waals surface area contributed by atoms with Crippen molar-refractivity contribution >= 4 is 41.3 Å². The van der Waals surface area contributed by atoms with Gasteiger partial charge < -0.3 is 15.0 Å². The van der Waals surface area contributed by atoms with Crippen molar-refractivity contribution in [3.05, 3.63) is 45.9 Å². The van der Waals surface area contributed by atoms with Crippen molar-refractivity contribution in [1.29, 1.82) is 0 Å². The number of guanidine groups is 1. The van der Waals surface area contributed by atoms with Crippen LogP contribution in [0, 0.1) is 0 Å². The smallest absolute Gasteiger partial charge is 0.194 e. The number of methoxy groups -OCH3 is 1. The molecule has 0 saturated carbocycles. The lowest BCUT2D eigenvalue weighted by Crippen LogP contribution is -2.38. The fraction of sp³-hybridized carbons (Fsp3) is 0.412. The third-order valence-electron chi connectivity index (χ3n) is 3.48. The van der Waals surface area contributed by atoms with Gasteiger partial charge in [0.25, 0.3) is 0 Å². The Morgan fingerprint density at radius 2 is 2.04 bits per heavy atom. The highest BCUT2D eigenvalue weighted by Gasteiger charge is 2.08. The average Bonchev–Trinajstić information content (AvgIpc) is 3.04. The van der Waals surface area contributed by atoms with Gasteiger partial charge in [0.1, 0.15) is 5.75 Å². The highest BCUT2D eigenvalue weighted by atomic mass is 127. The Labute approximate surface area is 165 Å². The van der Waals surface area contributed by atoms with Gasteiger partial charge in [0.05, 0.1) is 24.4 Å². The average molecular weight is 460 g/mol. The van der Waals surface area contributed by atoms with E-state index < -0.39 is 0 Å². The summed E-state index contributed by atoms with van der Waals surface area (Å²) in [5.41, 5.74) is 2.27. The molecule has 0 radical (unpaired) electrons. The number of halogens is 1. The van der Waals surface area contributed by atoms with E-state index >= 15 is 0 Å². The normalized spacial score (nSPS) is 10.9. The highest BCUT2D eigenvalue weighted by molar-refractivity contribution is 14.0. The van der Waals surface area contributed by atoms with Crippen molar-refractivity contribution in [2.75, 3.05) is 21.2 Å². The van der Waals surface area contributed by atoms with Gasteiger partial charge in [-0.2, -0.15) is 0 Å². The van der Waals surface area contributed by atoms with Gasteiger partial charge in [-0.1, -0.05) is 19.1 Å². The molecule has 0 spiro atoms. The number of ether oxygens (including phenoxy) is 1. The quantitative estimate of drug-likeness (QED) is 0.407. The van der Waals surface area contributed by atoms with E-state index in [0.29, 0.717) is 6.54 Å². The summed E-state index contributed by atoms with van der Waals surface area (Å²) in [7, 11) is 5.50. The molecule has 0 saturated heterocycles. The molecule has 0 bridgehead atoms. The molecule has 0 unspecified atom stereocenters. The van der Waals surface area contributed by atoms with E-state index in [-0.39, 0.29) is 24.0 Å². The number of hydrogen-bond acceptors (Lipinski definition) is 4. The van der Waals surface area contributed by atoms with Crippen molar-refractivity contribution in [2.24, 2.45) is 4.99 Å². The summed E-state index contributed by atoms with van der Waals surface area (Å²) in [5, 5.41) is 6.63. The van der Waals surface area contributed by atoms with Crippen molar-refractivity contribution in [3.63, 3.8) is 0 Å². The first-order valence-electron chi connectivity index (χ1n) is 7.64. The van der Waals surface area contributed by atoms with E-state index in [4.69, 9.17) is 4.74 Å². The van der Waals surface area contributed by atoms with Crippen LogP contribution in [-0.4, -0.2) is 37.0 Å². The first-order chi connectivity index (χ1) is 11.2. The Balaban J connectivity index is 0.00000288. The summed E-state index contributed by atoms with van der Waals surface area (Å²) in [6.07, 6.45) is 0.983. The number of thiazole rings is 1. The molecule has 24 heavy (non-hydrogen) atoms. The number of aliphatic imine (C=N–C) groups is 1. The van der Waals surface area contributed by atoms with Gasteiger partial charge in [0, 0.05) is 26.0 Å². The molecule has 1 heterocycles. The third-order valence-corrected chi connectivity index (χ3v) is 4.52. The molecular formula is C17H25IN4OS. The minimum absolute atomic E-state index is 0. The molecule has 0 aliphatic rings. The second-order valence-corrected chi connectivity index (χ2v) is 6.13. The fourth-order valence-corrected chi connectivity index (χ4v) is 2.97. The van der Waals surface area contributed by atoms with Crippen LogP contribution in [-0.2, 0) is 19.5 Å². The van der Waals surface area contributed by atoms with Gasteiger partial charge in [-0.25, -0.2) is 4.98 Å². The zero-order valence-electron chi connectivity index (χ0n) is 14.6. The molecule has 0 aliphatic carbocycles. The maximum absolute atomic E-state index is 5.19. The lowest BCUT2D eigenvalue weighted by atomic mass is 10.2. The molecule has 0 fully saturated rings. The molecule has 0 aliphatic heterocycles. The molecule has 0 amide bonds. The van der Waals surface area contributed by atoms with Crippen LogP contribution in [0.3, 0.4) is 0 Å². The van der Waals surface area contributed by atoms with E-state index in [1.54, 1.807) is 25.5 Å². The molecule has 0 atom stereocenters. The van der Waals surface area contributed by atoms with Crippen LogP contribution in [0.2, 0.25) is 0 Å². The Kier molecular flexibility index (Phi) is 9.05. The van der Waals surface area contributed by atoms with Crippen molar-refractivity contribution in [1.82, 2.24) is 15.2 Å². The summed E-state index contributed by atoms with van der Waals surface area (Å²) >= 11 is 1.71. The van der Waals surface area contributed by atoms with E-state index in [9.17, 15) is 0 Å². The predicted molar refractivity (Wildman–Crippen MR) is 112 cm³/mol. The van der Waals surface area contributed by atoms with E-state index in [1.807, 2.05) is 19.2 Å². The summed E-state index contributed by atoms with van der Waals surface area (Å²) in [5.74, 6) is 1.72. The van der Waals surface area contributed by atoms with Crippen LogP contribution in [0.4, 0.5) is 0 Å². The highest BCUT2D eigenvalue weighted by Crippen LogP contribution is 2.13. The van der Waals surface area contributed by atoms with Crippen LogP contribution in [0.15, 0.2) is 34.6 Å². The first kappa shape index (κ1) is 20.7. The molecule has 5 nitrogen and oxygen atoms in total.